The molecule has 190 valence electrons. The zero-order valence-corrected chi connectivity index (χ0v) is 22.4. The highest BCUT2D eigenvalue weighted by Crippen LogP contribution is 2.39. The minimum Gasteiger partial charge on any atom is -0.467 e. The van der Waals surface area contributed by atoms with Crippen molar-refractivity contribution < 1.29 is 28.4 Å². The lowest BCUT2D eigenvalue weighted by Crippen LogP contribution is -2.46. The normalized spacial score (nSPS) is 26.7. The summed E-state index contributed by atoms with van der Waals surface area (Å²) < 4.78 is 23.1. The van der Waals surface area contributed by atoms with E-state index in [1.54, 1.807) is 4.90 Å². The summed E-state index contributed by atoms with van der Waals surface area (Å²) in [6, 6.07) is -0.622. The standard InChI is InChI=1S/C24H45BN2O6/c1-11-26(12-2)18-16-27(21(29)31-22(3,4)5)19(20(28)30-10)17(18)14-13-15-25-32-23(6,7)24(8,9)33-25/h17-19H,11-16H2,1-10H3/t17-,18+,19+/m1/s1. The number of carbonyl (C=O) groups is 2. The maximum absolute atomic E-state index is 13.0. The summed E-state index contributed by atoms with van der Waals surface area (Å²) in [6.07, 6.45) is 1.83. The fraction of sp³-hybridized carbons (Fsp3) is 0.917. The van der Waals surface area contributed by atoms with Gasteiger partial charge in [-0.2, -0.15) is 0 Å². The summed E-state index contributed by atoms with van der Waals surface area (Å²) >= 11 is 0. The maximum atomic E-state index is 13.0. The van der Waals surface area contributed by atoms with Gasteiger partial charge in [0.05, 0.1) is 18.3 Å². The van der Waals surface area contributed by atoms with E-state index in [4.69, 9.17) is 18.8 Å². The lowest BCUT2D eigenvalue weighted by Gasteiger charge is -2.32. The first-order valence-corrected chi connectivity index (χ1v) is 12.3. The average molecular weight is 468 g/mol. The Bertz CT molecular complexity index is 673. The molecule has 2 aliphatic rings. The predicted octanol–water partition coefficient (Wildman–Crippen LogP) is 3.98. The number of carbonyl (C=O) groups excluding carboxylic acids is 2. The quantitative estimate of drug-likeness (QED) is 0.394. The van der Waals surface area contributed by atoms with Crippen LogP contribution < -0.4 is 0 Å². The number of nitrogens with zero attached hydrogens (tertiary/aromatic N) is 2. The van der Waals surface area contributed by atoms with E-state index >= 15 is 0 Å². The smallest absolute Gasteiger partial charge is 0.457 e. The maximum Gasteiger partial charge on any atom is 0.457 e. The Morgan fingerprint density at radius 2 is 1.64 bits per heavy atom. The number of hydrogen-bond donors (Lipinski definition) is 0. The zero-order chi connectivity index (χ0) is 25.2. The fourth-order valence-electron chi connectivity index (χ4n) is 4.86. The molecule has 2 fully saturated rings. The molecule has 0 saturated carbocycles. The summed E-state index contributed by atoms with van der Waals surface area (Å²) in [5, 5.41) is 0. The van der Waals surface area contributed by atoms with Crippen LogP contribution in [0, 0.1) is 5.92 Å². The Balaban J connectivity index is 2.20. The van der Waals surface area contributed by atoms with Crippen LogP contribution in [0.2, 0.25) is 6.32 Å². The molecule has 0 aromatic carbocycles. The van der Waals surface area contributed by atoms with Crippen molar-refractivity contribution in [2.45, 2.75) is 110 Å². The van der Waals surface area contributed by atoms with Gasteiger partial charge in [0.2, 0.25) is 0 Å². The fourth-order valence-corrected chi connectivity index (χ4v) is 4.86. The van der Waals surface area contributed by atoms with Gasteiger partial charge in [0.15, 0.2) is 0 Å². The molecule has 0 aromatic rings. The summed E-state index contributed by atoms with van der Waals surface area (Å²) in [5.74, 6) is -0.455. The Morgan fingerprint density at radius 1 is 1.09 bits per heavy atom. The highest BCUT2D eigenvalue weighted by atomic mass is 16.7. The van der Waals surface area contributed by atoms with Gasteiger partial charge in [-0.15, -0.1) is 0 Å². The lowest BCUT2D eigenvalue weighted by atomic mass is 9.79. The number of hydrogen-bond acceptors (Lipinski definition) is 7. The van der Waals surface area contributed by atoms with E-state index in [1.165, 1.54) is 7.11 Å². The first-order chi connectivity index (χ1) is 15.2. The monoisotopic (exact) mass is 468 g/mol. The third-order valence-electron chi connectivity index (χ3n) is 7.25. The number of likely N-dealkylation sites (tertiary alicyclic amines) is 1. The number of rotatable bonds is 8. The number of ether oxygens (including phenoxy) is 2. The van der Waals surface area contributed by atoms with Gasteiger partial charge in [0.25, 0.3) is 0 Å². The molecule has 2 heterocycles. The van der Waals surface area contributed by atoms with Crippen LogP contribution in [0.3, 0.4) is 0 Å². The molecular weight excluding hydrogens is 423 g/mol. The van der Waals surface area contributed by atoms with Gasteiger partial charge >= 0.3 is 19.2 Å². The van der Waals surface area contributed by atoms with Crippen molar-refractivity contribution in [2.24, 2.45) is 5.92 Å². The third kappa shape index (κ3) is 6.43. The molecule has 2 saturated heterocycles. The van der Waals surface area contributed by atoms with E-state index in [0.29, 0.717) is 6.54 Å². The number of likely N-dealkylation sites (N-methyl/N-ethyl adjacent to an activating group) is 1. The highest BCUT2D eigenvalue weighted by Gasteiger charge is 2.52. The van der Waals surface area contributed by atoms with Crippen molar-refractivity contribution in [2.75, 3.05) is 26.7 Å². The topological polar surface area (TPSA) is 77.5 Å². The van der Waals surface area contributed by atoms with Gasteiger partial charge in [0.1, 0.15) is 11.6 Å². The minimum atomic E-state index is -0.672. The van der Waals surface area contributed by atoms with Crippen LogP contribution in [0.25, 0.3) is 0 Å². The highest BCUT2D eigenvalue weighted by molar-refractivity contribution is 6.45. The van der Waals surface area contributed by atoms with Crippen molar-refractivity contribution in [3.8, 4) is 0 Å². The molecule has 2 aliphatic heterocycles. The second-order valence-corrected chi connectivity index (χ2v) is 11.2. The molecule has 0 radical (unpaired) electrons. The van der Waals surface area contributed by atoms with Crippen molar-refractivity contribution in [3.05, 3.63) is 0 Å². The summed E-state index contributed by atoms with van der Waals surface area (Å²) in [7, 11) is 1.10. The SMILES string of the molecule is CCN(CC)[C@H]1CN(C(=O)OC(C)(C)C)[C@H](C(=O)OC)[C@@H]1CCCB1OC(C)(C)C(C)(C)O1. The zero-order valence-electron chi connectivity index (χ0n) is 22.4. The van der Waals surface area contributed by atoms with Gasteiger partial charge in [-0.05, 0) is 74.3 Å². The Kier molecular flexibility index (Phi) is 8.91. The van der Waals surface area contributed by atoms with Gasteiger partial charge in [-0.25, -0.2) is 9.59 Å². The van der Waals surface area contributed by atoms with Crippen LogP contribution in [0.15, 0.2) is 0 Å². The minimum absolute atomic E-state index is 0.0508. The van der Waals surface area contributed by atoms with Crippen molar-refractivity contribution >= 4 is 19.2 Å². The van der Waals surface area contributed by atoms with Gasteiger partial charge in [-0.3, -0.25) is 9.80 Å². The number of esters is 1. The third-order valence-corrected chi connectivity index (χ3v) is 7.25. The van der Waals surface area contributed by atoms with Crippen molar-refractivity contribution in [1.82, 2.24) is 9.80 Å². The van der Waals surface area contributed by atoms with Crippen molar-refractivity contribution in [1.29, 1.82) is 0 Å². The molecule has 0 bridgehead atoms. The van der Waals surface area contributed by atoms with Crippen LogP contribution in [0.4, 0.5) is 4.79 Å². The van der Waals surface area contributed by atoms with Crippen LogP contribution in [0.5, 0.6) is 0 Å². The molecule has 0 aliphatic carbocycles. The summed E-state index contributed by atoms with van der Waals surface area (Å²) in [5.41, 5.74) is -1.37. The lowest BCUT2D eigenvalue weighted by molar-refractivity contribution is -0.147. The average Bonchev–Trinajstić information content (AvgIpc) is 3.15. The van der Waals surface area contributed by atoms with Crippen LogP contribution in [-0.4, -0.2) is 84.6 Å². The predicted molar refractivity (Wildman–Crippen MR) is 129 cm³/mol. The first kappa shape index (κ1) is 27.9. The van der Waals surface area contributed by atoms with E-state index in [-0.39, 0.29) is 30.3 Å². The van der Waals surface area contributed by atoms with E-state index < -0.39 is 23.7 Å². The molecule has 2 rings (SSSR count). The van der Waals surface area contributed by atoms with Crippen molar-refractivity contribution in [3.63, 3.8) is 0 Å². The van der Waals surface area contributed by atoms with Gasteiger partial charge in [-0.1, -0.05) is 20.3 Å². The second-order valence-electron chi connectivity index (χ2n) is 11.2. The molecule has 8 nitrogen and oxygen atoms in total. The van der Waals surface area contributed by atoms with E-state index in [0.717, 1.165) is 32.3 Å². The Morgan fingerprint density at radius 3 is 2.09 bits per heavy atom. The second kappa shape index (κ2) is 10.5. The number of amides is 1. The van der Waals surface area contributed by atoms with Gasteiger partial charge in [0, 0.05) is 18.5 Å². The summed E-state index contributed by atoms with van der Waals surface area (Å²) in [6.45, 7) is 20.0. The molecular formula is C24H45BN2O6. The molecule has 0 N–H and O–H groups in total. The molecule has 0 spiro atoms. The molecule has 0 aromatic heterocycles. The first-order valence-electron chi connectivity index (χ1n) is 12.3. The van der Waals surface area contributed by atoms with Gasteiger partial charge < -0.3 is 18.8 Å². The summed E-state index contributed by atoms with van der Waals surface area (Å²) in [4.78, 5) is 29.8. The molecule has 33 heavy (non-hydrogen) atoms. The van der Waals surface area contributed by atoms with Crippen LogP contribution in [-0.2, 0) is 23.6 Å². The largest absolute Gasteiger partial charge is 0.467 e. The van der Waals surface area contributed by atoms with E-state index in [2.05, 4.69) is 18.7 Å². The van der Waals surface area contributed by atoms with Crippen LogP contribution >= 0.6 is 0 Å². The van der Waals surface area contributed by atoms with Crippen LogP contribution in [0.1, 0.15) is 75.2 Å². The Hall–Kier alpha value is -1.32. The Labute approximate surface area is 200 Å². The van der Waals surface area contributed by atoms with E-state index in [9.17, 15) is 9.59 Å². The molecule has 1 amide bonds. The van der Waals surface area contributed by atoms with E-state index in [1.807, 2.05) is 48.5 Å². The molecule has 0 unspecified atom stereocenters. The molecule has 9 heteroatoms. The molecule has 3 atom stereocenters. The number of methoxy groups -OCH3 is 1.